The zero-order valence-electron chi connectivity index (χ0n) is 29.8. The second-order valence-corrected chi connectivity index (χ2v) is 14.7. The first-order valence-electron chi connectivity index (χ1n) is 18.6. The molecule has 12 heteroatoms. The number of H-pyrrole nitrogens is 2. The van der Waals surface area contributed by atoms with Crippen molar-refractivity contribution in [3.05, 3.63) is 82.4 Å². The lowest BCUT2D eigenvalue weighted by molar-refractivity contribution is -0.137. The van der Waals surface area contributed by atoms with Crippen molar-refractivity contribution in [3.8, 4) is 0 Å². The number of likely N-dealkylation sites (N-methyl/N-ethyl adjacent to an activating group) is 2. The molecule has 0 aliphatic carbocycles. The van der Waals surface area contributed by atoms with Crippen LogP contribution in [0.4, 0.5) is 0 Å². The zero-order valence-corrected chi connectivity index (χ0v) is 29.8. The minimum Gasteiger partial charge on any atom is -0.364 e. The molecule has 4 bridgehead atoms. The Hall–Kier alpha value is -5.20. The summed E-state index contributed by atoms with van der Waals surface area (Å²) >= 11 is 0. The van der Waals surface area contributed by atoms with Crippen molar-refractivity contribution in [2.45, 2.75) is 32.1 Å². The number of nitrogens with one attached hydrogen (secondary N) is 2. The van der Waals surface area contributed by atoms with Crippen molar-refractivity contribution in [2.75, 3.05) is 73.1 Å². The van der Waals surface area contributed by atoms with Crippen LogP contribution in [0.15, 0.2) is 59.9 Å². The summed E-state index contributed by atoms with van der Waals surface area (Å²) in [5.74, 6) is -0.954. The summed E-state index contributed by atoms with van der Waals surface area (Å²) in [7, 11) is 3.19. The first-order chi connectivity index (χ1) is 25.3. The van der Waals surface area contributed by atoms with Crippen LogP contribution in [0.5, 0.6) is 0 Å². The Bertz CT molecular complexity index is 2060. The number of aryl methyl sites for hydroxylation is 2. The third kappa shape index (κ3) is 5.18. The quantitative estimate of drug-likeness (QED) is 0.269. The number of hydrogen-bond donors (Lipinski definition) is 2. The lowest BCUT2D eigenvalue weighted by atomic mass is 9.96. The molecule has 2 N–H and O–H groups in total. The van der Waals surface area contributed by atoms with E-state index >= 15 is 0 Å². The number of amides is 4. The molecule has 0 atom stereocenters. The van der Waals surface area contributed by atoms with Gasteiger partial charge in [-0.25, -0.2) is 0 Å². The van der Waals surface area contributed by atoms with E-state index in [1.165, 1.54) is 9.80 Å². The number of hydrogen-bond acceptors (Lipinski definition) is 8. The second kappa shape index (κ2) is 12.8. The van der Waals surface area contributed by atoms with Crippen molar-refractivity contribution in [2.24, 2.45) is 0 Å². The van der Waals surface area contributed by atoms with Crippen LogP contribution >= 0.6 is 0 Å². The molecule has 2 aromatic heterocycles. The largest absolute Gasteiger partial charge is 0.364 e. The van der Waals surface area contributed by atoms with Gasteiger partial charge >= 0.3 is 0 Å². The smallest absolute Gasteiger partial charge is 0.277 e. The summed E-state index contributed by atoms with van der Waals surface area (Å²) in [5.41, 5.74) is 7.62. The van der Waals surface area contributed by atoms with Crippen LogP contribution in [0.2, 0.25) is 0 Å². The normalized spacial score (nSPS) is 23.5. The minimum atomic E-state index is -0.244. The third-order valence-electron chi connectivity index (χ3n) is 11.7. The molecule has 7 aliphatic heterocycles. The van der Waals surface area contributed by atoms with Crippen LogP contribution in [0.3, 0.4) is 0 Å². The topological polar surface area (TPSA) is 119 Å². The molecule has 2 saturated heterocycles. The molecule has 0 saturated carbocycles. The highest BCUT2D eigenvalue weighted by Crippen LogP contribution is 2.40. The van der Waals surface area contributed by atoms with Gasteiger partial charge in [-0.1, -0.05) is 42.8 Å². The number of imide groups is 2. The Kier molecular flexibility index (Phi) is 8.04. The van der Waals surface area contributed by atoms with E-state index in [1.54, 1.807) is 14.1 Å². The maximum atomic E-state index is 13.9. The van der Waals surface area contributed by atoms with Crippen LogP contribution in [0, 0.1) is 0 Å². The summed E-state index contributed by atoms with van der Waals surface area (Å²) in [6.45, 7) is 6.42. The highest BCUT2D eigenvalue weighted by atomic mass is 16.2. The SMILES string of the molecule is CN1C(=O)C2=C(C1=O)N1CCN(CC1)CN1CCN(CC1)C1=C(C(=O)N(C)C1=O)c1c([nH]c3ccccc13)CCCCCc1[nH]c3ccccc3c12. The Morgan fingerprint density at radius 1 is 0.500 bits per heavy atom. The van der Waals surface area contributed by atoms with Gasteiger partial charge in [0.1, 0.15) is 11.4 Å². The highest BCUT2D eigenvalue weighted by Gasteiger charge is 2.44. The van der Waals surface area contributed by atoms with E-state index < -0.39 is 0 Å². The number of para-hydroxylation sites is 2. The summed E-state index contributed by atoms with van der Waals surface area (Å²) in [6.07, 6.45) is 4.08. The molecule has 4 aromatic rings. The van der Waals surface area contributed by atoms with Gasteiger partial charge in [0, 0.05) is 111 Å². The van der Waals surface area contributed by atoms with Crippen LogP contribution in [0.25, 0.3) is 33.0 Å². The average molecular weight is 701 g/mol. The fourth-order valence-corrected chi connectivity index (χ4v) is 8.92. The molecule has 52 heavy (non-hydrogen) atoms. The second-order valence-electron chi connectivity index (χ2n) is 14.7. The zero-order chi connectivity index (χ0) is 35.7. The predicted molar refractivity (Wildman–Crippen MR) is 198 cm³/mol. The molecule has 268 valence electrons. The van der Waals surface area contributed by atoms with Crippen molar-refractivity contribution in [3.63, 3.8) is 0 Å². The minimum absolute atomic E-state index is 0.233. The van der Waals surface area contributed by atoms with Gasteiger partial charge in [0.25, 0.3) is 23.6 Å². The number of rotatable bonds is 0. The van der Waals surface area contributed by atoms with Crippen LogP contribution in [-0.2, 0) is 32.0 Å². The molecule has 7 aliphatic rings. The Labute approximate surface area is 302 Å². The number of carbonyl (C=O) groups excluding carboxylic acids is 4. The molecule has 11 rings (SSSR count). The molecule has 0 unspecified atom stereocenters. The molecule has 2 aromatic carbocycles. The number of aromatic amines is 2. The first kappa shape index (κ1) is 32.7. The summed E-state index contributed by atoms with van der Waals surface area (Å²) in [4.78, 5) is 74.3. The number of nitrogens with zero attached hydrogens (tertiary/aromatic N) is 6. The van der Waals surface area contributed by atoms with Gasteiger partial charge in [0.05, 0.1) is 17.8 Å². The standard InChI is InChI=1S/C40H44N8O4/c1-43-37(49)33-31-25-10-6-8-12-27(25)41-29(31)14-4-3-5-15-30-32(26-11-7-9-13-28(26)42-30)34-36(40(52)44(2)38(34)50)48-22-18-46(19-23-48)24-45-16-20-47(21-17-45)35(33)39(43)51/h6-13,41-42H,3-5,14-24H2,1-2H3. The molecule has 9 heterocycles. The number of benzene rings is 2. The molecular formula is C40H44N8O4. The lowest BCUT2D eigenvalue weighted by Gasteiger charge is -2.41. The van der Waals surface area contributed by atoms with Gasteiger partial charge in [-0.05, 0) is 37.8 Å². The Morgan fingerprint density at radius 2 is 0.904 bits per heavy atom. The van der Waals surface area contributed by atoms with Crippen LogP contribution in [-0.4, -0.2) is 136 Å². The number of fused-ring (bicyclic) bond motifs is 4. The lowest BCUT2D eigenvalue weighted by Crippen LogP contribution is -2.54. The monoisotopic (exact) mass is 700 g/mol. The summed E-state index contributed by atoms with van der Waals surface area (Å²) in [5, 5.41) is 1.92. The van der Waals surface area contributed by atoms with Crippen molar-refractivity contribution in [1.82, 2.24) is 39.4 Å². The van der Waals surface area contributed by atoms with E-state index in [0.717, 1.165) is 109 Å². The summed E-state index contributed by atoms with van der Waals surface area (Å²) < 4.78 is 0. The maximum Gasteiger partial charge on any atom is 0.277 e. The molecule has 0 spiro atoms. The van der Waals surface area contributed by atoms with E-state index in [-0.39, 0.29) is 23.6 Å². The van der Waals surface area contributed by atoms with E-state index in [0.29, 0.717) is 48.7 Å². The molecule has 2 fully saturated rings. The van der Waals surface area contributed by atoms with Gasteiger partial charge in [-0.2, -0.15) is 0 Å². The molecular weight excluding hydrogens is 656 g/mol. The van der Waals surface area contributed by atoms with Gasteiger partial charge < -0.3 is 19.8 Å². The fraction of sp³-hybridized carbons (Fsp3) is 0.400. The number of carbonyl (C=O) groups is 4. The van der Waals surface area contributed by atoms with E-state index in [9.17, 15) is 19.2 Å². The molecule has 12 nitrogen and oxygen atoms in total. The van der Waals surface area contributed by atoms with Crippen molar-refractivity contribution < 1.29 is 19.2 Å². The number of piperazine rings is 2. The van der Waals surface area contributed by atoms with Crippen molar-refractivity contribution >= 4 is 56.6 Å². The van der Waals surface area contributed by atoms with Crippen LogP contribution < -0.4 is 0 Å². The fourth-order valence-electron chi connectivity index (χ4n) is 8.92. The van der Waals surface area contributed by atoms with Crippen LogP contribution in [0.1, 0.15) is 41.8 Å². The average Bonchev–Trinajstić information content (AvgIpc) is 3.84. The predicted octanol–water partition coefficient (Wildman–Crippen LogP) is 3.23. The van der Waals surface area contributed by atoms with Gasteiger partial charge in [0.2, 0.25) is 0 Å². The third-order valence-corrected chi connectivity index (χ3v) is 11.7. The van der Waals surface area contributed by atoms with E-state index in [2.05, 4.69) is 29.6 Å². The summed E-state index contributed by atoms with van der Waals surface area (Å²) in [6, 6.07) is 16.1. The Balaban J connectivity index is 1.11. The van der Waals surface area contributed by atoms with E-state index in [1.807, 2.05) is 48.5 Å². The highest BCUT2D eigenvalue weighted by molar-refractivity contribution is 6.38. The number of aromatic nitrogens is 2. The van der Waals surface area contributed by atoms with E-state index in [4.69, 9.17) is 0 Å². The van der Waals surface area contributed by atoms with Gasteiger partial charge in [0.15, 0.2) is 0 Å². The van der Waals surface area contributed by atoms with Gasteiger partial charge in [-0.15, -0.1) is 0 Å². The molecule has 0 radical (unpaired) electrons. The van der Waals surface area contributed by atoms with Gasteiger partial charge in [-0.3, -0.25) is 38.8 Å². The maximum absolute atomic E-state index is 13.9. The first-order valence-corrected chi connectivity index (χ1v) is 18.6. The Morgan fingerprint density at radius 3 is 1.33 bits per heavy atom. The molecule has 4 amide bonds. The van der Waals surface area contributed by atoms with Crippen molar-refractivity contribution in [1.29, 1.82) is 0 Å².